The summed E-state index contributed by atoms with van der Waals surface area (Å²) in [5, 5.41) is 10.0. The van der Waals surface area contributed by atoms with Crippen LogP contribution in [0.5, 0.6) is 11.5 Å². The first-order valence-electron chi connectivity index (χ1n) is 9.17. The summed E-state index contributed by atoms with van der Waals surface area (Å²) in [6, 6.07) is 3.94. The number of ketones is 1. The largest absolute Gasteiger partial charge is 0.504 e. The number of aromatic hydroxyl groups is 1. The molecule has 0 unspecified atom stereocenters. The average Bonchev–Trinajstić information content (AvgIpc) is 2.91. The van der Waals surface area contributed by atoms with Crippen molar-refractivity contribution in [3.63, 3.8) is 0 Å². The molecule has 0 aromatic heterocycles. The fourth-order valence-electron chi connectivity index (χ4n) is 5.22. The SMILES string of the molecule is COc1cc2c(cc1O)CCN(/C(C)=C1/C(=O)C[C@@H]3[C@H]1C3(C)C)[C@H]2C. The zero-order valence-electron chi connectivity index (χ0n) is 15.7. The van der Waals surface area contributed by atoms with Gasteiger partial charge in [-0.05, 0) is 60.8 Å². The number of benzene rings is 1. The lowest BCUT2D eigenvalue weighted by molar-refractivity contribution is -0.115. The van der Waals surface area contributed by atoms with E-state index in [1.807, 2.05) is 12.1 Å². The first-order valence-corrected chi connectivity index (χ1v) is 9.17. The summed E-state index contributed by atoms with van der Waals surface area (Å²) < 4.78 is 5.29. The first-order chi connectivity index (χ1) is 11.8. The molecule has 0 radical (unpaired) electrons. The number of hydrogen-bond acceptors (Lipinski definition) is 4. The fourth-order valence-corrected chi connectivity index (χ4v) is 5.22. The number of phenols is 1. The van der Waals surface area contributed by atoms with E-state index >= 15 is 0 Å². The molecule has 4 heteroatoms. The van der Waals surface area contributed by atoms with Crippen molar-refractivity contribution in [2.45, 2.75) is 46.6 Å². The molecule has 134 valence electrons. The number of rotatable bonds is 2. The summed E-state index contributed by atoms with van der Waals surface area (Å²) in [7, 11) is 1.58. The van der Waals surface area contributed by atoms with Crippen LogP contribution in [0.15, 0.2) is 23.4 Å². The molecule has 2 saturated carbocycles. The van der Waals surface area contributed by atoms with Gasteiger partial charge in [-0.15, -0.1) is 0 Å². The van der Waals surface area contributed by atoms with Crippen molar-refractivity contribution < 1.29 is 14.6 Å². The van der Waals surface area contributed by atoms with E-state index in [0.717, 1.165) is 24.2 Å². The number of methoxy groups -OCH3 is 1. The second-order valence-electron chi connectivity index (χ2n) is 8.37. The van der Waals surface area contributed by atoms with Crippen LogP contribution < -0.4 is 4.74 Å². The zero-order chi connectivity index (χ0) is 18.1. The smallest absolute Gasteiger partial charge is 0.161 e. The highest BCUT2D eigenvalue weighted by molar-refractivity contribution is 6.01. The number of fused-ring (bicyclic) bond motifs is 2. The zero-order valence-corrected chi connectivity index (χ0v) is 15.7. The minimum absolute atomic E-state index is 0.166. The molecule has 3 aliphatic rings. The van der Waals surface area contributed by atoms with Gasteiger partial charge in [-0.25, -0.2) is 0 Å². The molecule has 4 rings (SSSR count). The number of Topliss-reactive ketones (excluding diaryl/α,β-unsaturated/α-hetero) is 1. The van der Waals surface area contributed by atoms with Crippen LogP contribution in [-0.2, 0) is 11.2 Å². The Morgan fingerprint density at radius 2 is 2.08 bits per heavy atom. The monoisotopic (exact) mass is 341 g/mol. The lowest BCUT2D eigenvalue weighted by atomic mass is 9.90. The fraction of sp³-hybridized carbons (Fsp3) is 0.571. The average molecular weight is 341 g/mol. The summed E-state index contributed by atoms with van der Waals surface area (Å²) in [4.78, 5) is 14.9. The standard InChI is InChI=1S/C21H27NO3/c1-11-14-9-18(25-5)16(23)8-13(14)6-7-22(11)12(2)19-17(24)10-15-20(19)21(15,3)4/h8-9,11,15,20,23H,6-7,10H2,1-5H3/b19-12-/t11-,15+,20+/m0/s1. The van der Waals surface area contributed by atoms with E-state index in [1.165, 1.54) is 11.1 Å². The van der Waals surface area contributed by atoms with Crippen molar-refractivity contribution in [2.75, 3.05) is 13.7 Å². The highest BCUT2D eigenvalue weighted by atomic mass is 16.5. The Hall–Kier alpha value is -1.97. The quantitative estimate of drug-likeness (QED) is 0.831. The van der Waals surface area contributed by atoms with Gasteiger partial charge >= 0.3 is 0 Å². The minimum Gasteiger partial charge on any atom is -0.504 e. The van der Waals surface area contributed by atoms with Crippen LogP contribution in [-0.4, -0.2) is 29.4 Å². The van der Waals surface area contributed by atoms with Crippen LogP contribution in [0.25, 0.3) is 0 Å². The van der Waals surface area contributed by atoms with Crippen molar-refractivity contribution in [1.29, 1.82) is 0 Å². The van der Waals surface area contributed by atoms with Crippen LogP contribution in [0.2, 0.25) is 0 Å². The van der Waals surface area contributed by atoms with Crippen molar-refractivity contribution in [3.05, 3.63) is 34.5 Å². The maximum absolute atomic E-state index is 12.5. The van der Waals surface area contributed by atoms with Crippen LogP contribution in [0, 0.1) is 17.3 Å². The molecule has 4 nitrogen and oxygen atoms in total. The van der Waals surface area contributed by atoms with Gasteiger partial charge in [-0.1, -0.05) is 13.8 Å². The number of carbonyl (C=O) groups excluding carboxylic acids is 1. The van der Waals surface area contributed by atoms with Crippen LogP contribution >= 0.6 is 0 Å². The highest BCUT2D eigenvalue weighted by Crippen LogP contribution is 2.68. The van der Waals surface area contributed by atoms with Crippen molar-refractivity contribution in [3.8, 4) is 11.5 Å². The highest BCUT2D eigenvalue weighted by Gasteiger charge is 2.65. The topological polar surface area (TPSA) is 49.8 Å². The third-order valence-corrected chi connectivity index (χ3v) is 6.87. The van der Waals surface area contributed by atoms with Crippen molar-refractivity contribution in [2.24, 2.45) is 17.3 Å². The van der Waals surface area contributed by atoms with Crippen molar-refractivity contribution >= 4 is 5.78 Å². The second kappa shape index (κ2) is 5.26. The van der Waals surface area contributed by atoms with E-state index in [-0.39, 0.29) is 17.2 Å². The van der Waals surface area contributed by atoms with Crippen LogP contribution in [0.3, 0.4) is 0 Å². The minimum atomic E-state index is 0.166. The predicted octanol–water partition coefficient (Wildman–Crippen LogP) is 3.84. The molecule has 0 spiro atoms. The van der Waals surface area contributed by atoms with Gasteiger partial charge < -0.3 is 14.7 Å². The Kier molecular flexibility index (Phi) is 3.47. The number of hydrogen-bond donors (Lipinski definition) is 1. The normalized spacial score (nSPS) is 31.5. The van der Waals surface area contributed by atoms with Crippen molar-refractivity contribution in [1.82, 2.24) is 4.90 Å². The summed E-state index contributed by atoms with van der Waals surface area (Å²) in [6.45, 7) is 9.73. The molecular formula is C21H27NO3. The molecule has 1 N–H and O–H groups in total. The third kappa shape index (κ3) is 2.22. The maximum Gasteiger partial charge on any atom is 0.161 e. The third-order valence-electron chi connectivity index (χ3n) is 6.87. The van der Waals surface area contributed by atoms with Gasteiger partial charge in [0.25, 0.3) is 0 Å². The molecule has 2 aliphatic carbocycles. The lowest BCUT2D eigenvalue weighted by Gasteiger charge is -2.39. The predicted molar refractivity (Wildman–Crippen MR) is 96.6 cm³/mol. The number of nitrogens with zero attached hydrogens (tertiary/aromatic N) is 1. The summed E-state index contributed by atoms with van der Waals surface area (Å²) in [6.07, 6.45) is 1.58. The Morgan fingerprint density at radius 3 is 2.72 bits per heavy atom. The van der Waals surface area contributed by atoms with E-state index in [0.29, 0.717) is 29.8 Å². The number of ether oxygens (including phenoxy) is 1. The van der Waals surface area contributed by atoms with Gasteiger partial charge in [0.1, 0.15) is 0 Å². The Bertz CT molecular complexity index is 793. The Labute approximate surface area is 149 Å². The Balaban J connectivity index is 1.71. The lowest BCUT2D eigenvalue weighted by Crippen LogP contribution is -2.34. The molecule has 2 fully saturated rings. The molecule has 25 heavy (non-hydrogen) atoms. The number of phenolic OH excluding ortho intramolecular Hbond substituents is 1. The first kappa shape index (κ1) is 16.5. The van der Waals surface area contributed by atoms with E-state index < -0.39 is 0 Å². The number of allylic oxidation sites excluding steroid dienone is 2. The molecule has 0 bridgehead atoms. The molecule has 1 aromatic carbocycles. The van der Waals surface area contributed by atoms with Gasteiger partial charge in [0.05, 0.1) is 13.2 Å². The van der Waals surface area contributed by atoms with E-state index in [4.69, 9.17) is 4.74 Å². The van der Waals surface area contributed by atoms with Gasteiger partial charge in [-0.2, -0.15) is 0 Å². The molecule has 1 aromatic rings. The molecule has 0 saturated heterocycles. The molecule has 0 amide bonds. The van der Waals surface area contributed by atoms with Crippen LogP contribution in [0.1, 0.15) is 51.3 Å². The molecule has 1 aliphatic heterocycles. The maximum atomic E-state index is 12.5. The second-order valence-corrected chi connectivity index (χ2v) is 8.37. The summed E-state index contributed by atoms with van der Waals surface area (Å²) in [5.74, 6) is 2.02. The number of carbonyl (C=O) groups is 1. The van der Waals surface area contributed by atoms with Gasteiger partial charge in [0, 0.05) is 24.2 Å². The van der Waals surface area contributed by atoms with Crippen LogP contribution in [0.4, 0.5) is 0 Å². The summed E-state index contributed by atoms with van der Waals surface area (Å²) in [5.41, 5.74) is 4.83. The molecule has 1 heterocycles. The van der Waals surface area contributed by atoms with E-state index in [1.54, 1.807) is 7.11 Å². The van der Waals surface area contributed by atoms with Gasteiger partial charge in [0.15, 0.2) is 17.3 Å². The van der Waals surface area contributed by atoms with Gasteiger partial charge in [0.2, 0.25) is 0 Å². The Morgan fingerprint density at radius 1 is 1.36 bits per heavy atom. The molecular weight excluding hydrogens is 314 g/mol. The van der Waals surface area contributed by atoms with E-state index in [2.05, 4.69) is 32.6 Å². The summed E-state index contributed by atoms with van der Waals surface area (Å²) >= 11 is 0. The molecule has 3 atom stereocenters. The van der Waals surface area contributed by atoms with Gasteiger partial charge in [-0.3, -0.25) is 4.79 Å². The van der Waals surface area contributed by atoms with E-state index in [9.17, 15) is 9.90 Å².